The van der Waals surface area contributed by atoms with Crippen molar-refractivity contribution in [1.29, 1.82) is 0 Å². The van der Waals surface area contributed by atoms with Gasteiger partial charge in [0, 0.05) is 28.6 Å². The standard InChI is InChI=1S/C26H32N2/c1-23(2)13-24(3,4)20-17-9-15-11-28-22-21(25(5,6)14-26(22,7)8)16(15)10-19(17)27-12-18(20)23/h9-12H,13-14H2,1-8H3. The van der Waals surface area contributed by atoms with Gasteiger partial charge < -0.3 is 0 Å². The molecule has 3 aromatic rings. The van der Waals surface area contributed by atoms with Gasteiger partial charge in [0.1, 0.15) is 0 Å². The normalized spacial score (nSPS) is 23.1. The molecule has 2 nitrogen and oxygen atoms in total. The van der Waals surface area contributed by atoms with Crippen LogP contribution < -0.4 is 0 Å². The highest BCUT2D eigenvalue weighted by Gasteiger charge is 2.45. The molecule has 0 radical (unpaired) electrons. The quantitative estimate of drug-likeness (QED) is 0.410. The number of fused-ring (bicyclic) bond motifs is 6. The molecule has 2 heterocycles. The molecule has 5 rings (SSSR count). The third-order valence-electron chi connectivity index (χ3n) is 7.37. The van der Waals surface area contributed by atoms with Crippen molar-refractivity contribution in [3.63, 3.8) is 0 Å². The second kappa shape index (κ2) is 4.96. The summed E-state index contributed by atoms with van der Waals surface area (Å²) in [5.74, 6) is 0. The molecular formula is C26H32N2. The summed E-state index contributed by atoms with van der Waals surface area (Å²) < 4.78 is 0. The van der Waals surface area contributed by atoms with Crippen molar-refractivity contribution in [2.45, 2.75) is 89.9 Å². The van der Waals surface area contributed by atoms with Gasteiger partial charge in [-0.3, -0.25) is 9.97 Å². The Morgan fingerprint density at radius 2 is 1.29 bits per heavy atom. The van der Waals surface area contributed by atoms with E-state index in [1.54, 1.807) is 0 Å². The maximum atomic E-state index is 4.98. The Balaban J connectivity index is 1.89. The first-order chi connectivity index (χ1) is 12.8. The van der Waals surface area contributed by atoms with E-state index in [1.807, 2.05) is 0 Å². The molecule has 0 saturated heterocycles. The highest BCUT2D eigenvalue weighted by Crippen LogP contribution is 2.53. The minimum Gasteiger partial charge on any atom is -0.260 e. The van der Waals surface area contributed by atoms with E-state index < -0.39 is 0 Å². The van der Waals surface area contributed by atoms with E-state index in [9.17, 15) is 0 Å². The van der Waals surface area contributed by atoms with Gasteiger partial charge in [-0.25, -0.2) is 0 Å². The molecule has 2 aromatic heterocycles. The Hall–Kier alpha value is -1.96. The van der Waals surface area contributed by atoms with Gasteiger partial charge in [-0.2, -0.15) is 0 Å². The summed E-state index contributed by atoms with van der Waals surface area (Å²) in [4.78, 5) is 9.93. The van der Waals surface area contributed by atoms with Gasteiger partial charge in [-0.05, 0) is 63.3 Å². The molecule has 0 spiro atoms. The maximum Gasteiger partial charge on any atom is 0.0711 e. The number of hydrogen-bond donors (Lipinski definition) is 0. The molecule has 2 aliphatic rings. The van der Waals surface area contributed by atoms with Crippen molar-refractivity contribution in [2.75, 3.05) is 0 Å². The highest BCUT2D eigenvalue weighted by molar-refractivity contribution is 6.01. The Bertz CT molecular complexity index is 1070. The molecule has 28 heavy (non-hydrogen) atoms. The number of pyridine rings is 2. The minimum absolute atomic E-state index is 0.124. The second-order valence-electron chi connectivity index (χ2n) is 11.9. The summed E-state index contributed by atoms with van der Waals surface area (Å²) in [5.41, 5.74) is 7.34. The van der Waals surface area contributed by atoms with E-state index in [-0.39, 0.29) is 21.7 Å². The van der Waals surface area contributed by atoms with Crippen molar-refractivity contribution in [2.24, 2.45) is 0 Å². The Morgan fingerprint density at radius 3 is 2.00 bits per heavy atom. The molecule has 0 aliphatic heterocycles. The van der Waals surface area contributed by atoms with E-state index in [0.29, 0.717) is 0 Å². The van der Waals surface area contributed by atoms with Crippen LogP contribution in [0.5, 0.6) is 0 Å². The summed E-state index contributed by atoms with van der Waals surface area (Å²) in [6, 6.07) is 4.71. The summed E-state index contributed by atoms with van der Waals surface area (Å²) in [6.45, 7) is 18.9. The summed E-state index contributed by atoms with van der Waals surface area (Å²) >= 11 is 0. The summed E-state index contributed by atoms with van der Waals surface area (Å²) in [5, 5.41) is 3.92. The molecule has 0 fully saturated rings. The fourth-order valence-electron chi connectivity index (χ4n) is 6.91. The largest absolute Gasteiger partial charge is 0.260 e. The first-order valence-electron chi connectivity index (χ1n) is 10.6. The van der Waals surface area contributed by atoms with Crippen LogP contribution in [0.1, 0.15) is 90.6 Å². The Kier molecular flexibility index (Phi) is 3.20. The lowest BCUT2D eigenvalue weighted by molar-refractivity contribution is 0.400. The van der Waals surface area contributed by atoms with Crippen LogP contribution in [0, 0.1) is 0 Å². The summed E-state index contributed by atoms with van der Waals surface area (Å²) in [6.07, 6.45) is 6.55. The molecule has 146 valence electrons. The zero-order valence-corrected chi connectivity index (χ0v) is 18.6. The average molecular weight is 373 g/mol. The van der Waals surface area contributed by atoms with Crippen LogP contribution >= 0.6 is 0 Å². The molecule has 0 saturated carbocycles. The smallest absolute Gasteiger partial charge is 0.0711 e. The third-order valence-corrected chi connectivity index (χ3v) is 7.37. The molecule has 1 aromatic carbocycles. The van der Waals surface area contributed by atoms with Gasteiger partial charge in [-0.15, -0.1) is 0 Å². The molecule has 0 N–H and O–H groups in total. The molecule has 2 aliphatic carbocycles. The van der Waals surface area contributed by atoms with Crippen molar-refractivity contribution in [3.8, 4) is 0 Å². The molecule has 0 unspecified atom stereocenters. The zero-order valence-electron chi connectivity index (χ0n) is 18.6. The SMILES string of the molecule is CC1(C)CC(C)(C)c2c1cnc1cc3c4c(ncc3cc21)C(C)(C)CC4(C)C. The lowest BCUT2D eigenvalue weighted by Crippen LogP contribution is -2.18. The van der Waals surface area contributed by atoms with Crippen LogP contribution in [0.3, 0.4) is 0 Å². The number of hydrogen-bond acceptors (Lipinski definition) is 2. The van der Waals surface area contributed by atoms with Crippen molar-refractivity contribution in [3.05, 3.63) is 46.9 Å². The molecular weight excluding hydrogens is 340 g/mol. The van der Waals surface area contributed by atoms with Crippen molar-refractivity contribution >= 4 is 21.7 Å². The Morgan fingerprint density at radius 1 is 0.643 bits per heavy atom. The summed E-state index contributed by atoms with van der Waals surface area (Å²) in [7, 11) is 0. The van der Waals surface area contributed by atoms with E-state index in [2.05, 4.69) is 79.9 Å². The van der Waals surface area contributed by atoms with E-state index in [0.717, 1.165) is 18.4 Å². The average Bonchev–Trinajstić information content (AvgIpc) is 2.87. The predicted octanol–water partition coefficient (Wildman–Crippen LogP) is 6.70. The predicted molar refractivity (Wildman–Crippen MR) is 118 cm³/mol. The van der Waals surface area contributed by atoms with E-state index >= 15 is 0 Å². The fourth-order valence-corrected chi connectivity index (χ4v) is 6.91. The zero-order chi connectivity index (χ0) is 20.3. The van der Waals surface area contributed by atoms with Crippen molar-refractivity contribution < 1.29 is 0 Å². The van der Waals surface area contributed by atoms with Gasteiger partial charge in [0.15, 0.2) is 0 Å². The van der Waals surface area contributed by atoms with Crippen LogP contribution in [0.4, 0.5) is 0 Å². The van der Waals surface area contributed by atoms with Crippen LogP contribution in [0.25, 0.3) is 21.7 Å². The lowest BCUT2D eigenvalue weighted by atomic mass is 9.80. The van der Waals surface area contributed by atoms with Crippen LogP contribution in [-0.2, 0) is 21.7 Å². The lowest BCUT2D eigenvalue weighted by Gasteiger charge is -2.23. The maximum absolute atomic E-state index is 4.98. The monoisotopic (exact) mass is 372 g/mol. The molecule has 2 heteroatoms. The third kappa shape index (κ3) is 2.21. The van der Waals surface area contributed by atoms with Crippen LogP contribution in [0.2, 0.25) is 0 Å². The van der Waals surface area contributed by atoms with Gasteiger partial charge in [0.2, 0.25) is 0 Å². The molecule has 0 bridgehead atoms. The fraction of sp³-hybridized carbons (Fsp3) is 0.538. The Labute approximate surface area is 168 Å². The number of nitrogens with zero attached hydrogens (tertiary/aromatic N) is 2. The number of aromatic nitrogens is 2. The van der Waals surface area contributed by atoms with Crippen LogP contribution in [0.15, 0.2) is 24.5 Å². The van der Waals surface area contributed by atoms with E-state index in [1.165, 1.54) is 38.5 Å². The second-order valence-corrected chi connectivity index (χ2v) is 11.9. The first-order valence-corrected chi connectivity index (χ1v) is 10.6. The van der Waals surface area contributed by atoms with Gasteiger partial charge >= 0.3 is 0 Å². The highest BCUT2D eigenvalue weighted by atomic mass is 14.7. The topological polar surface area (TPSA) is 25.8 Å². The minimum atomic E-state index is 0.124. The van der Waals surface area contributed by atoms with Crippen molar-refractivity contribution in [1.82, 2.24) is 9.97 Å². The van der Waals surface area contributed by atoms with Crippen LogP contribution in [-0.4, -0.2) is 9.97 Å². The van der Waals surface area contributed by atoms with E-state index in [4.69, 9.17) is 9.97 Å². The number of rotatable bonds is 0. The molecule has 0 amide bonds. The van der Waals surface area contributed by atoms with Gasteiger partial charge in [0.05, 0.1) is 11.2 Å². The van der Waals surface area contributed by atoms with Gasteiger partial charge in [0.25, 0.3) is 0 Å². The molecule has 0 atom stereocenters. The number of benzene rings is 1. The first kappa shape index (κ1) is 18.1. The van der Waals surface area contributed by atoms with Gasteiger partial charge in [-0.1, -0.05) is 55.4 Å².